The van der Waals surface area contributed by atoms with Gasteiger partial charge in [0.1, 0.15) is 12.2 Å². The smallest absolute Gasteiger partial charge is 0.305 e. The fourth-order valence-corrected chi connectivity index (χ4v) is 5.74. The van der Waals surface area contributed by atoms with E-state index in [2.05, 4.69) is 20.3 Å². The Labute approximate surface area is 387 Å². The fourth-order valence-electron chi connectivity index (χ4n) is 5.74. The van der Waals surface area contributed by atoms with E-state index in [-0.39, 0.29) is 44.3 Å². The number of nitrogens with zero attached hydrogens (tertiary/aromatic N) is 4. The number of amidine groups is 1. The van der Waals surface area contributed by atoms with Crippen LogP contribution in [0.25, 0.3) is 17.2 Å². The Morgan fingerprint density at radius 1 is 0.652 bits per heavy atom. The summed E-state index contributed by atoms with van der Waals surface area (Å²) in [5.74, 6) is -0.985. The monoisotopic (exact) mass is 934 g/mol. The quantitative estimate of drug-likeness (QED) is 0.0639. The molecule has 0 radical (unpaired) electrons. The predicted molar refractivity (Wildman–Crippen MR) is 242 cm³/mol. The van der Waals surface area contributed by atoms with E-state index >= 15 is 0 Å². The molecule has 66 heavy (non-hydrogen) atoms. The Morgan fingerprint density at radius 2 is 1.14 bits per heavy atom. The second kappa shape index (κ2) is 37.6. The number of hydrogen-bond acceptors (Lipinski definition) is 18. The number of hydrogen-bond donors (Lipinski definition) is 3. The first-order chi connectivity index (χ1) is 32.4. The summed E-state index contributed by atoms with van der Waals surface area (Å²) in [7, 11) is 0. The molecule has 1 aromatic heterocycles. The van der Waals surface area contributed by atoms with Gasteiger partial charge in [-0.25, -0.2) is 20.0 Å². The average Bonchev–Trinajstić information content (AvgIpc) is 3.49. The van der Waals surface area contributed by atoms with Crippen LogP contribution in [0.15, 0.2) is 47.5 Å². The molecule has 1 aliphatic rings. The number of rotatable bonds is 42. The van der Waals surface area contributed by atoms with Crippen LogP contribution in [0.5, 0.6) is 0 Å². The molecule has 0 aliphatic carbocycles. The lowest BCUT2D eigenvalue weighted by atomic mass is 10.0. The zero-order valence-corrected chi connectivity index (χ0v) is 38.4. The number of nitrogens with two attached hydrogens (primary N) is 1. The molecule has 21 heteroatoms. The number of amides is 2. The van der Waals surface area contributed by atoms with Crippen LogP contribution in [-0.2, 0) is 66.6 Å². The van der Waals surface area contributed by atoms with E-state index in [4.69, 9.17) is 63.0 Å². The van der Waals surface area contributed by atoms with Crippen LogP contribution in [0.3, 0.4) is 0 Å². The summed E-state index contributed by atoms with van der Waals surface area (Å²) >= 11 is 0. The first kappa shape index (κ1) is 55.8. The summed E-state index contributed by atoms with van der Waals surface area (Å²) in [5, 5.41) is 12.7. The molecule has 0 saturated carbocycles. The average molecular weight is 935 g/mol. The Bertz CT molecular complexity index is 1670. The van der Waals surface area contributed by atoms with Crippen LogP contribution in [0, 0.1) is 0 Å². The number of carbonyl (C=O) groups excluding carboxylic acids is 2. The Kier molecular flexibility index (Phi) is 31.8. The van der Waals surface area contributed by atoms with Gasteiger partial charge in [-0.2, -0.15) is 0 Å². The molecule has 2 heterocycles. The lowest BCUT2D eigenvalue weighted by Gasteiger charge is -2.22. The highest BCUT2D eigenvalue weighted by molar-refractivity contribution is 6.05. The molecular formula is C45H70N6O15. The van der Waals surface area contributed by atoms with Crippen LogP contribution >= 0.6 is 0 Å². The van der Waals surface area contributed by atoms with Gasteiger partial charge in [0.25, 0.3) is 5.91 Å². The minimum Gasteiger partial charge on any atom is -0.481 e. The molecule has 4 N–H and O–H groups in total. The molecule has 0 unspecified atom stereocenters. The van der Waals surface area contributed by atoms with Gasteiger partial charge in [0.05, 0.1) is 151 Å². The molecule has 0 atom stereocenters. The third-order valence-corrected chi connectivity index (χ3v) is 8.99. The number of hydroxylamine groups is 2. The number of carboxylic acids is 1. The zero-order chi connectivity index (χ0) is 47.1. The fraction of sp³-hybridized carbons (Fsp3) is 0.644. The second-order valence-electron chi connectivity index (χ2n) is 14.3. The highest BCUT2D eigenvalue weighted by Crippen LogP contribution is 2.31. The third kappa shape index (κ3) is 27.2. The minimum absolute atomic E-state index is 0.0136. The summed E-state index contributed by atoms with van der Waals surface area (Å²) in [6, 6.07) is 5.72. The van der Waals surface area contributed by atoms with Gasteiger partial charge in [-0.05, 0) is 30.5 Å². The van der Waals surface area contributed by atoms with Crippen molar-refractivity contribution in [2.45, 2.75) is 39.0 Å². The molecule has 1 aromatic carbocycles. The lowest BCUT2D eigenvalue weighted by Crippen LogP contribution is -2.34. The molecule has 3 rings (SSSR count). The largest absolute Gasteiger partial charge is 0.481 e. The van der Waals surface area contributed by atoms with Crippen LogP contribution < -0.4 is 11.1 Å². The minimum atomic E-state index is -0.883. The second-order valence-corrected chi connectivity index (χ2v) is 14.3. The van der Waals surface area contributed by atoms with E-state index in [0.29, 0.717) is 169 Å². The van der Waals surface area contributed by atoms with Gasteiger partial charge in [0.15, 0.2) is 0 Å². The number of ether oxygens (including phenoxy) is 10. The van der Waals surface area contributed by atoms with Crippen molar-refractivity contribution in [2.75, 3.05) is 152 Å². The van der Waals surface area contributed by atoms with Crippen LogP contribution in [0.1, 0.15) is 44.6 Å². The van der Waals surface area contributed by atoms with Crippen LogP contribution in [-0.4, -0.2) is 196 Å². The highest BCUT2D eigenvalue weighted by atomic mass is 16.7. The standard InChI is InChI=1S/C45H70N6O15/c1-2-9-51(45(55)39-31-38-6-5-37(40-34-47-36-48-35-40)32-41(38)50-42(46)33-39)66-10-3-4-43(52)49-8-12-57-14-16-59-18-20-61-22-24-63-26-28-65-30-29-64-27-25-62-23-21-60-19-17-58-15-13-56-11-7-44(53)54/h5-6,31-32,34-36H,2-4,7-30,33H2,1H3,(H2,46,50)(H,49,52)(H,53,54). The Morgan fingerprint density at radius 3 is 1.62 bits per heavy atom. The van der Waals surface area contributed by atoms with Gasteiger partial charge in [-0.1, -0.05) is 19.1 Å². The number of nitrogens with one attached hydrogen (secondary N) is 1. The number of aromatic nitrogens is 2. The molecular weight excluding hydrogens is 865 g/mol. The van der Waals surface area contributed by atoms with Crippen molar-refractivity contribution in [1.29, 1.82) is 0 Å². The van der Waals surface area contributed by atoms with E-state index in [1.807, 2.05) is 25.1 Å². The number of carbonyl (C=O) groups is 3. The van der Waals surface area contributed by atoms with Crippen LogP contribution in [0.4, 0.5) is 5.69 Å². The van der Waals surface area contributed by atoms with Crippen molar-refractivity contribution in [3.63, 3.8) is 0 Å². The van der Waals surface area contributed by atoms with Gasteiger partial charge < -0.3 is 63.5 Å². The van der Waals surface area contributed by atoms with Crippen molar-refractivity contribution in [1.82, 2.24) is 20.3 Å². The molecule has 2 aromatic rings. The van der Waals surface area contributed by atoms with Crippen molar-refractivity contribution in [2.24, 2.45) is 10.7 Å². The summed E-state index contributed by atoms with van der Waals surface area (Å²) in [6.45, 7) is 11.3. The molecule has 0 spiro atoms. The zero-order valence-electron chi connectivity index (χ0n) is 38.4. The van der Waals surface area contributed by atoms with Gasteiger partial charge in [0, 0.05) is 55.0 Å². The maximum Gasteiger partial charge on any atom is 0.305 e. The Balaban J connectivity index is 1.05. The predicted octanol–water partition coefficient (Wildman–Crippen LogP) is 2.63. The molecule has 1 aliphatic heterocycles. The summed E-state index contributed by atoms with van der Waals surface area (Å²) in [6.07, 6.45) is 8.24. The summed E-state index contributed by atoms with van der Waals surface area (Å²) < 4.78 is 54.3. The SMILES string of the molecule is CCCN(OCCCC(=O)NCCOCCOCCOCCOCCOCCOCCOCCOCCOCCOCCC(=O)O)C(=O)C1=Cc2ccc(-c3cncnc3)cc2N=C(N)C1. The third-order valence-electron chi connectivity index (χ3n) is 8.99. The van der Waals surface area contributed by atoms with Crippen molar-refractivity contribution >= 4 is 35.4 Å². The Hall–Kier alpha value is -4.52. The van der Waals surface area contributed by atoms with Gasteiger partial charge >= 0.3 is 5.97 Å². The molecule has 370 valence electrons. The molecule has 0 fully saturated rings. The molecule has 0 bridgehead atoms. The molecule has 2 amide bonds. The van der Waals surface area contributed by atoms with Crippen molar-refractivity contribution in [3.8, 4) is 11.1 Å². The van der Waals surface area contributed by atoms with Gasteiger partial charge in [0.2, 0.25) is 5.91 Å². The highest BCUT2D eigenvalue weighted by Gasteiger charge is 2.22. The lowest BCUT2D eigenvalue weighted by molar-refractivity contribution is -0.182. The summed E-state index contributed by atoms with van der Waals surface area (Å²) in [4.78, 5) is 54.8. The van der Waals surface area contributed by atoms with E-state index in [1.54, 1.807) is 18.5 Å². The van der Waals surface area contributed by atoms with Crippen molar-refractivity contribution < 1.29 is 71.7 Å². The number of aliphatic imine (C=N–C) groups is 1. The van der Waals surface area contributed by atoms with Gasteiger partial charge in [-0.15, -0.1) is 0 Å². The first-order valence-corrected chi connectivity index (χ1v) is 22.5. The normalized spacial score (nSPS) is 12.3. The van der Waals surface area contributed by atoms with Gasteiger partial charge in [-0.3, -0.25) is 19.2 Å². The number of benzene rings is 1. The molecule has 0 saturated heterocycles. The first-order valence-electron chi connectivity index (χ1n) is 22.5. The van der Waals surface area contributed by atoms with E-state index in [0.717, 1.165) is 16.7 Å². The maximum atomic E-state index is 13.5. The number of fused-ring (bicyclic) bond motifs is 1. The van der Waals surface area contributed by atoms with Crippen LogP contribution in [0.2, 0.25) is 0 Å². The molecule has 21 nitrogen and oxygen atoms in total. The number of aliphatic carboxylic acids is 1. The number of carboxylic acid groups (broad SMARTS) is 1. The van der Waals surface area contributed by atoms with E-state index in [9.17, 15) is 14.4 Å². The van der Waals surface area contributed by atoms with E-state index in [1.165, 1.54) is 11.4 Å². The van der Waals surface area contributed by atoms with Crippen molar-refractivity contribution in [3.05, 3.63) is 48.1 Å². The topological polar surface area (TPSA) is 252 Å². The van der Waals surface area contributed by atoms with E-state index < -0.39 is 5.97 Å². The summed E-state index contributed by atoms with van der Waals surface area (Å²) in [5.41, 5.74) is 9.86. The maximum absolute atomic E-state index is 13.5.